The summed E-state index contributed by atoms with van der Waals surface area (Å²) in [5, 5.41) is 8.65. The monoisotopic (exact) mass is 175 g/mol. The van der Waals surface area contributed by atoms with Gasteiger partial charge in [-0.25, -0.2) is 0 Å². The molecule has 0 aliphatic rings. The Hall–Kier alpha value is -1.40. The first kappa shape index (κ1) is 9.69. The summed E-state index contributed by atoms with van der Waals surface area (Å²) in [7, 11) is 3.95. The lowest BCUT2D eigenvalue weighted by Gasteiger charge is -2.21. The maximum Gasteiger partial charge on any atom is 0.0641 e. The van der Waals surface area contributed by atoms with Crippen LogP contribution >= 0.6 is 0 Å². The zero-order valence-electron chi connectivity index (χ0n) is 7.94. The average molecular weight is 175 g/mol. The summed E-state index contributed by atoms with van der Waals surface area (Å²) >= 11 is 0. The molecule has 0 saturated carbocycles. The molecule has 3 heteroatoms. The van der Waals surface area contributed by atoms with Crippen molar-refractivity contribution in [3.63, 3.8) is 0 Å². The predicted molar refractivity (Wildman–Crippen MR) is 50.9 cm³/mol. The Morgan fingerprint density at radius 1 is 1.46 bits per heavy atom. The van der Waals surface area contributed by atoms with Gasteiger partial charge in [-0.1, -0.05) is 0 Å². The fourth-order valence-electron chi connectivity index (χ4n) is 1.27. The lowest BCUT2D eigenvalue weighted by atomic mass is 10.1. The van der Waals surface area contributed by atoms with Crippen LogP contribution in [-0.2, 0) is 0 Å². The molecular formula is C10H13N3. The minimum Gasteiger partial charge on any atom is -0.301 e. The van der Waals surface area contributed by atoms with Crippen LogP contribution in [-0.4, -0.2) is 24.0 Å². The first-order chi connectivity index (χ1) is 6.25. The van der Waals surface area contributed by atoms with Crippen molar-refractivity contribution in [2.45, 2.75) is 12.5 Å². The van der Waals surface area contributed by atoms with Crippen LogP contribution in [0, 0.1) is 11.3 Å². The van der Waals surface area contributed by atoms with Gasteiger partial charge in [-0.15, -0.1) is 0 Å². The van der Waals surface area contributed by atoms with Crippen molar-refractivity contribution in [2.75, 3.05) is 14.1 Å². The average Bonchev–Trinajstić information content (AvgIpc) is 2.15. The van der Waals surface area contributed by atoms with Crippen molar-refractivity contribution in [3.8, 4) is 6.07 Å². The molecule has 1 aromatic rings. The molecule has 1 unspecified atom stereocenters. The summed E-state index contributed by atoms with van der Waals surface area (Å²) in [5.74, 6) is 0. The van der Waals surface area contributed by atoms with E-state index >= 15 is 0 Å². The van der Waals surface area contributed by atoms with Crippen LogP contribution in [0.1, 0.15) is 18.0 Å². The summed E-state index contributed by atoms with van der Waals surface area (Å²) in [4.78, 5) is 5.99. The van der Waals surface area contributed by atoms with Gasteiger partial charge in [0.1, 0.15) is 0 Å². The van der Waals surface area contributed by atoms with E-state index in [4.69, 9.17) is 5.26 Å². The van der Waals surface area contributed by atoms with Gasteiger partial charge in [-0.05, 0) is 31.8 Å². The molecule has 0 aromatic carbocycles. The lowest BCUT2D eigenvalue weighted by Crippen LogP contribution is -2.19. The summed E-state index contributed by atoms with van der Waals surface area (Å²) < 4.78 is 0. The third kappa shape index (κ3) is 2.53. The number of aromatic nitrogens is 1. The highest BCUT2D eigenvalue weighted by molar-refractivity contribution is 5.16. The third-order valence-electron chi connectivity index (χ3n) is 2.00. The molecule has 0 bridgehead atoms. The molecule has 1 atom stereocenters. The van der Waals surface area contributed by atoms with Crippen LogP contribution in [0.5, 0.6) is 0 Å². The van der Waals surface area contributed by atoms with Crippen molar-refractivity contribution in [1.29, 1.82) is 5.26 Å². The second-order valence-corrected chi connectivity index (χ2v) is 3.12. The lowest BCUT2D eigenvalue weighted by molar-refractivity contribution is 0.303. The Labute approximate surface area is 78.6 Å². The topological polar surface area (TPSA) is 39.9 Å². The molecule has 1 heterocycles. The van der Waals surface area contributed by atoms with Gasteiger partial charge < -0.3 is 4.90 Å². The normalized spacial score (nSPS) is 12.5. The third-order valence-corrected chi connectivity index (χ3v) is 2.00. The smallest absolute Gasteiger partial charge is 0.0641 e. The van der Waals surface area contributed by atoms with E-state index in [2.05, 4.69) is 11.1 Å². The van der Waals surface area contributed by atoms with Gasteiger partial charge in [0.25, 0.3) is 0 Å². The zero-order valence-corrected chi connectivity index (χ0v) is 7.94. The minimum absolute atomic E-state index is 0.174. The van der Waals surface area contributed by atoms with Crippen LogP contribution in [0.2, 0.25) is 0 Å². The zero-order chi connectivity index (χ0) is 9.68. The van der Waals surface area contributed by atoms with E-state index in [-0.39, 0.29) is 6.04 Å². The van der Waals surface area contributed by atoms with E-state index in [1.807, 2.05) is 31.1 Å². The van der Waals surface area contributed by atoms with Gasteiger partial charge in [0.2, 0.25) is 0 Å². The first-order valence-corrected chi connectivity index (χ1v) is 4.19. The molecule has 68 valence electrons. The van der Waals surface area contributed by atoms with E-state index in [1.165, 1.54) is 0 Å². The number of nitriles is 1. The highest BCUT2D eigenvalue weighted by Gasteiger charge is 2.12. The summed E-state index contributed by atoms with van der Waals surface area (Å²) in [5.41, 5.74) is 1.14. The van der Waals surface area contributed by atoms with E-state index in [9.17, 15) is 0 Å². The second-order valence-electron chi connectivity index (χ2n) is 3.12. The quantitative estimate of drug-likeness (QED) is 0.700. The van der Waals surface area contributed by atoms with Crippen molar-refractivity contribution < 1.29 is 0 Å². The molecule has 0 spiro atoms. The molecule has 0 aliphatic carbocycles. The molecule has 1 aromatic heterocycles. The maximum absolute atomic E-state index is 8.65. The van der Waals surface area contributed by atoms with Gasteiger partial charge in [-0.2, -0.15) is 5.26 Å². The van der Waals surface area contributed by atoms with Gasteiger partial charge in [0.15, 0.2) is 0 Å². The number of nitrogens with zero attached hydrogens (tertiary/aromatic N) is 3. The van der Waals surface area contributed by atoms with Crippen LogP contribution < -0.4 is 0 Å². The van der Waals surface area contributed by atoms with Gasteiger partial charge >= 0.3 is 0 Å². The second kappa shape index (κ2) is 4.58. The Kier molecular flexibility index (Phi) is 3.41. The Morgan fingerprint density at radius 3 is 2.54 bits per heavy atom. The summed E-state index contributed by atoms with van der Waals surface area (Å²) in [6.07, 6.45) is 4.02. The number of rotatable bonds is 3. The number of hydrogen-bond donors (Lipinski definition) is 0. The van der Waals surface area contributed by atoms with E-state index < -0.39 is 0 Å². The maximum atomic E-state index is 8.65. The van der Waals surface area contributed by atoms with E-state index in [1.54, 1.807) is 12.4 Å². The Balaban J connectivity index is 2.84. The van der Waals surface area contributed by atoms with Crippen LogP contribution in [0.15, 0.2) is 24.5 Å². The highest BCUT2D eigenvalue weighted by Crippen LogP contribution is 2.19. The summed E-state index contributed by atoms with van der Waals surface area (Å²) in [6.45, 7) is 0. The van der Waals surface area contributed by atoms with Gasteiger partial charge in [0.05, 0.1) is 12.5 Å². The van der Waals surface area contributed by atoms with Gasteiger partial charge in [0, 0.05) is 18.4 Å². The number of hydrogen-bond acceptors (Lipinski definition) is 3. The Bertz CT molecular complexity index is 287. The van der Waals surface area contributed by atoms with Crippen molar-refractivity contribution in [2.24, 2.45) is 0 Å². The molecule has 0 radical (unpaired) electrons. The minimum atomic E-state index is 0.174. The SMILES string of the molecule is CN(C)C(CC#N)c1ccncc1. The van der Waals surface area contributed by atoms with Crippen molar-refractivity contribution in [3.05, 3.63) is 30.1 Å². The predicted octanol–water partition coefficient (Wildman–Crippen LogP) is 1.60. The Morgan fingerprint density at radius 2 is 2.08 bits per heavy atom. The largest absolute Gasteiger partial charge is 0.301 e. The van der Waals surface area contributed by atoms with Gasteiger partial charge in [-0.3, -0.25) is 4.98 Å². The van der Waals surface area contributed by atoms with E-state index in [0.29, 0.717) is 6.42 Å². The first-order valence-electron chi connectivity index (χ1n) is 4.19. The molecular weight excluding hydrogens is 162 g/mol. The standard InChI is InChI=1S/C10H13N3/c1-13(2)10(3-6-11)9-4-7-12-8-5-9/h4-5,7-8,10H,3H2,1-2H3. The molecule has 0 saturated heterocycles. The van der Waals surface area contributed by atoms with Crippen molar-refractivity contribution >= 4 is 0 Å². The molecule has 13 heavy (non-hydrogen) atoms. The fraction of sp³-hybridized carbons (Fsp3) is 0.400. The molecule has 3 nitrogen and oxygen atoms in total. The van der Waals surface area contributed by atoms with E-state index in [0.717, 1.165) is 5.56 Å². The molecule has 1 rings (SSSR count). The highest BCUT2D eigenvalue weighted by atomic mass is 15.1. The van der Waals surface area contributed by atoms with Crippen molar-refractivity contribution in [1.82, 2.24) is 9.88 Å². The fourth-order valence-corrected chi connectivity index (χ4v) is 1.27. The molecule has 0 fully saturated rings. The molecule has 0 amide bonds. The molecule has 0 aliphatic heterocycles. The van der Waals surface area contributed by atoms with Crippen LogP contribution in [0.25, 0.3) is 0 Å². The molecule has 0 N–H and O–H groups in total. The summed E-state index contributed by atoms with van der Waals surface area (Å²) in [6, 6.07) is 6.25. The van der Waals surface area contributed by atoms with Crippen LogP contribution in [0.3, 0.4) is 0 Å². The number of pyridine rings is 1. The van der Waals surface area contributed by atoms with Crippen LogP contribution in [0.4, 0.5) is 0 Å².